The van der Waals surface area contributed by atoms with E-state index >= 15 is 0 Å². The number of benzene rings is 1. The summed E-state index contributed by atoms with van der Waals surface area (Å²) in [6.45, 7) is 0. The molecule has 4 nitrogen and oxygen atoms in total. The standard InChI is InChI=1S/C7H5BrO4/c8-12-7(11)4-1-5(9)3-6(10)2-4/h1-3,9-10H. The van der Waals surface area contributed by atoms with Crippen LogP contribution >= 0.6 is 16.3 Å². The first-order chi connectivity index (χ1) is 5.63. The molecule has 0 saturated heterocycles. The summed E-state index contributed by atoms with van der Waals surface area (Å²) in [7, 11) is 0. The Hall–Kier alpha value is -1.23. The van der Waals surface area contributed by atoms with E-state index in [2.05, 4.69) is 20.1 Å². The SMILES string of the molecule is O=C(OBr)c1cc(O)cc(O)c1. The van der Waals surface area contributed by atoms with Crippen molar-refractivity contribution in [3.05, 3.63) is 23.8 Å². The van der Waals surface area contributed by atoms with Gasteiger partial charge in [-0.3, -0.25) is 0 Å². The van der Waals surface area contributed by atoms with Gasteiger partial charge in [-0.05, 0) is 12.1 Å². The molecule has 0 aliphatic heterocycles. The van der Waals surface area contributed by atoms with Crippen molar-refractivity contribution in [2.24, 2.45) is 0 Å². The maximum Gasteiger partial charge on any atom is 0.349 e. The first kappa shape index (κ1) is 8.86. The molecule has 1 aromatic rings. The molecule has 0 radical (unpaired) electrons. The Morgan fingerprint density at radius 3 is 2.17 bits per heavy atom. The van der Waals surface area contributed by atoms with E-state index in [9.17, 15) is 4.79 Å². The molecule has 0 spiro atoms. The third kappa shape index (κ3) is 1.88. The molecule has 0 atom stereocenters. The van der Waals surface area contributed by atoms with Gasteiger partial charge in [0, 0.05) is 6.07 Å². The number of hydrogen-bond acceptors (Lipinski definition) is 4. The lowest BCUT2D eigenvalue weighted by Gasteiger charge is -1.98. The van der Waals surface area contributed by atoms with Crippen LogP contribution in [-0.4, -0.2) is 16.2 Å². The highest BCUT2D eigenvalue weighted by Crippen LogP contribution is 2.21. The van der Waals surface area contributed by atoms with E-state index in [4.69, 9.17) is 10.2 Å². The van der Waals surface area contributed by atoms with E-state index in [-0.39, 0.29) is 17.1 Å². The average molecular weight is 233 g/mol. The van der Waals surface area contributed by atoms with Gasteiger partial charge in [-0.15, -0.1) is 0 Å². The van der Waals surface area contributed by atoms with Crippen molar-refractivity contribution in [3.63, 3.8) is 0 Å². The normalized spacial score (nSPS) is 9.42. The Kier molecular flexibility index (Phi) is 2.54. The molecule has 0 aromatic heterocycles. The quantitative estimate of drug-likeness (QED) is 0.772. The largest absolute Gasteiger partial charge is 0.508 e. The van der Waals surface area contributed by atoms with Gasteiger partial charge >= 0.3 is 5.97 Å². The van der Waals surface area contributed by atoms with Gasteiger partial charge in [-0.2, -0.15) is 0 Å². The van der Waals surface area contributed by atoms with Crippen molar-refractivity contribution >= 4 is 22.2 Å². The fraction of sp³-hybridized carbons (Fsp3) is 0. The van der Waals surface area contributed by atoms with Crippen molar-refractivity contribution in [2.45, 2.75) is 0 Å². The van der Waals surface area contributed by atoms with Gasteiger partial charge in [0.1, 0.15) is 11.5 Å². The lowest BCUT2D eigenvalue weighted by Crippen LogP contribution is -1.96. The Bertz CT molecular complexity index is 290. The highest BCUT2D eigenvalue weighted by molar-refractivity contribution is 9.06. The Morgan fingerprint density at radius 2 is 1.75 bits per heavy atom. The zero-order valence-electron chi connectivity index (χ0n) is 5.82. The number of carbonyl (C=O) groups excluding carboxylic acids is 1. The van der Waals surface area contributed by atoms with Crippen LogP contribution in [0.1, 0.15) is 10.4 Å². The summed E-state index contributed by atoms with van der Waals surface area (Å²) in [5, 5.41) is 17.9. The highest BCUT2D eigenvalue weighted by atomic mass is 79.9. The van der Waals surface area contributed by atoms with E-state index in [1.165, 1.54) is 12.1 Å². The van der Waals surface area contributed by atoms with Crippen LogP contribution in [0.2, 0.25) is 0 Å². The van der Waals surface area contributed by atoms with Gasteiger partial charge in [-0.1, -0.05) is 0 Å². The summed E-state index contributed by atoms with van der Waals surface area (Å²) in [5.41, 5.74) is 0.0735. The van der Waals surface area contributed by atoms with Gasteiger partial charge in [-0.25, -0.2) is 4.79 Å². The van der Waals surface area contributed by atoms with Gasteiger partial charge in [0.25, 0.3) is 0 Å². The Morgan fingerprint density at radius 1 is 1.25 bits per heavy atom. The molecule has 1 aromatic carbocycles. The van der Waals surface area contributed by atoms with Crippen LogP contribution in [0.15, 0.2) is 18.2 Å². The molecule has 0 fully saturated rings. The second-order valence-electron chi connectivity index (χ2n) is 2.10. The molecular formula is C7H5BrO4. The van der Waals surface area contributed by atoms with E-state index < -0.39 is 5.97 Å². The summed E-state index contributed by atoms with van der Waals surface area (Å²) in [4.78, 5) is 10.8. The van der Waals surface area contributed by atoms with E-state index in [1.54, 1.807) is 0 Å². The van der Waals surface area contributed by atoms with Crippen molar-refractivity contribution in [1.29, 1.82) is 0 Å². The molecule has 2 N–H and O–H groups in total. The topological polar surface area (TPSA) is 66.8 Å². The van der Waals surface area contributed by atoms with Crippen LogP contribution < -0.4 is 0 Å². The van der Waals surface area contributed by atoms with E-state index in [0.29, 0.717) is 0 Å². The number of carbonyl (C=O) groups is 1. The van der Waals surface area contributed by atoms with Crippen molar-refractivity contribution in [2.75, 3.05) is 0 Å². The molecule has 0 aliphatic rings. The first-order valence-corrected chi connectivity index (χ1v) is 3.64. The number of hydrogen-bond donors (Lipinski definition) is 2. The van der Waals surface area contributed by atoms with Gasteiger partial charge in [0.05, 0.1) is 5.56 Å². The number of halogens is 1. The molecule has 5 heteroatoms. The molecule has 1 rings (SSSR count). The zero-order valence-corrected chi connectivity index (χ0v) is 7.41. The summed E-state index contributed by atoms with van der Waals surface area (Å²) in [6, 6.07) is 3.48. The smallest absolute Gasteiger partial charge is 0.349 e. The van der Waals surface area contributed by atoms with Crippen LogP contribution in [0.3, 0.4) is 0 Å². The van der Waals surface area contributed by atoms with Gasteiger partial charge in [0.15, 0.2) is 16.3 Å². The second kappa shape index (κ2) is 3.44. The van der Waals surface area contributed by atoms with Crippen LogP contribution in [0.25, 0.3) is 0 Å². The van der Waals surface area contributed by atoms with Crippen LogP contribution in [0, 0.1) is 0 Å². The summed E-state index contributed by atoms with van der Waals surface area (Å²) in [5.74, 6) is -1.06. The lowest BCUT2D eigenvalue weighted by molar-refractivity contribution is 0.0781. The maximum absolute atomic E-state index is 10.8. The molecule has 12 heavy (non-hydrogen) atoms. The van der Waals surface area contributed by atoms with Crippen LogP contribution in [0.5, 0.6) is 11.5 Å². The second-order valence-corrected chi connectivity index (χ2v) is 2.43. The lowest BCUT2D eigenvalue weighted by atomic mass is 10.2. The number of phenolic OH excluding ortho intramolecular Hbond substituents is 2. The third-order valence-corrected chi connectivity index (χ3v) is 1.50. The molecule has 0 saturated carbocycles. The molecule has 0 bridgehead atoms. The van der Waals surface area contributed by atoms with Gasteiger partial charge in [0.2, 0.25) is 0 Å². The van der Waals surface area contributed by atoms with Crippen molar-refractivity contribution in [3.8, 4) is 11.5 Å². The van der Waals surface area contributed by atoms with E-state index in [1.807, 2.05) is 0 Å². The molecule has 0 unspecified atom stereocenters. The monoisotopic (exact) mass is 232 g/mol. The van der Waals surface area contributed by atoms with Crippen molar-refractivity contribution < 1.29 is 18.8 Å². The maximum atomic E-state index is 10.8. The first-order valence-electron chi connectivity index (χ1n) is 2.99. The third-order valence-electron chi connectivity index (χ3n) is 1.21. The number of phenols is 2. The van der Waals surface area contributed by atoms with Crippen LogP contribution in [-0.2, 0) is 3.83 Å². The molecular weight excluding hydrogens is 228 g/mol. The van der Waals surface area contributed by atoms with E-state index in [0.717, 1.165) is 6.07 Å². The fourth-order valence-electron chi connectivity index (χ4n) is 0.758. The minimum atomic E-state index is -0.679. The highest BCUT2D eigenvalue weighted by Gasteiger charge is 2.08. The Labute approximate surface area is 76.9 Å². The molecule has 0 aliphatic carbocycles. The molecule has 0 amide bonds. The predicted octanol–water partition coefficient (Wildman–Crippen LogP) is 1.56. The number of rotatable bonds is 1. The summed E-state index contributed by atoms with van der Waals surface area (Å²) < 4.78 is 4.20. The predicted molar refractivity (Wildman–Crippen MR) is 44.1 cm³/mol. The zero-order chi connectivity index (χ0) is 9.14. The number of aromatic hydroxyl groups is 2. The summed E-state index contributed by atoms with van der Waals surface area (Å²) in [6.07, 6.45) is 0. The Balaban J connectivity index is 3.08. The summed E-state index contributed by atoms with van der Waals surface area (Å²) >= 11 is 2.49. The average Bonchev–Trinajstić information content (AvgIpc) is 2.01. The van der Waals surface area contributed by atoms with Gasteiger partial charge < -0.3 is 14.0 Å². The minimum Gasteiger partial charge on any atom is -0.508 e. The van der Waals surface area contributed by atoms with Crippen molar-refractivity contribution in [1.82, 2.24) is 0 Å². The fourth-order valence-corrected chi connectivity index (χ4v) is 0.944. The molecule has 0 heterocycles. The minimum absolute atomic E-state index is 0.0735. The van der Waals surface area contributed by atoms with Crippen LogP contribution in [0.4, 0.5) is 0 Å². The molecule has 64 valence electrons.